The Morgan fingerprint density at radius 3 is 2.35 bits per heavy atom. The van der Waals surface area contributed by atoms with Gasteiger partial charge in [0.15, 0.2) is 0 Å². The van der Waals surface area contributed by atoms with Crippen molar-refractivity contribution in [1.29, 1.82) is 0 Å². The number of rotatable bonds is 10. The lowest BCUT2D eigenvalue weighted by molar-refractivity contribution is -0.144. The molecule has 1 unspecified atom stereocenters. The van der Waals surface area contributed by atoms with Crippen LogP contribution in [-0.2, 0) is 25.7 Å². The molecule has 4 N–H and O–H groups in total. The van der Waals surface area contributed by atoms with Crippen molar-refractivity contribution in [2.75, 3.05) is 13.1 Å². The van der Waals surface area contributed by atoms with E-state index in [0.717, 1.165) is 21.7 Å². The van der Waals surface area contributed by atoms with Crippen molar-refractivity contribution in [3.8, 4) is 10.4 Å². The predicted octanol–water partition coefficient (Wildman–Crippen LogP) is 3.53. The monoisotopic (exact) mass is 615 g/mol. The first-order valence-electron chi connectivity index (χ1n) is 14.6. The standard InChI is InChI=1S/C31H45N5O6S/c1-19-25(43-18-34-19)21-12-10-20(11-13-21)16-33-27(39)23-15-22(37)17-36(23)28(40)26(30(2,3)4)35-24(38)9-8-14-32-29(41)42-31(5,6)7/h10-13,18,22-23,26,37H,8-9,14-17H2,1-7H3,(H,32,41)(H,33,39)(H,35,38)/t22-,23+,26?/m1/s1. The molecule has 12 heteroatoms. The number of aromatic nitrogens is 1. The van der Waals surface area contributed by atoms with Gasteiger partial charge in [-0.3, -0.25) is 14.4 Å². The molecule has 2 heterocycles. The Bertz CT molecular complexity index is 1280. The molecular formula is C31H45N5O6S. The summed E-state index contributed by atoms with van der Waals surface area (Å²) in [6.07, 6.45) is -0.854. The molecule has 3 rings (SSSR count). The van der Waals surface area contributed by atoms with Crippen molar-refractivity contribution < 1.29 is 29.0 Å². The van der Waals surface area contributed by atoms with Crippen LogP contribution in [0.5, 0.6) is 0 Å². The molecule has 3 atom stereocenters. The van der Waals surface area contributed by atoms with E-state index < -0.39 is 41.2 Å². The van der Waals surface area contributed by atoms with Crippen LogP contribution >= 0.6 is 11.3 Å². The zero-order valence-corrected chi connectivity index (χ0v) is 27.0. The van der Waals surface area contributed by atoms with Crippen molar-refractivity contribution in [2.24, 2.45) is 5.41 Å². The minimum atomic E-state index is -0.915. The number of carbonyl (C=O) groups excluding carboxylic acids is 4. The van der Waals surface area contributed by atoms with E-state index in [4.69, 9.17) is 4.74 Å². The quantitative estimate of drug-likeness (QED) is 0.299. The van der Waals surface area contributed by atoms with Gasteiger partial charge in [-0.25, -0.2) is 9.78 Å². The van der Waals surface area contributed by atoms with Gasteiger partial charge in [0.2, 0.25) is 17.7 Å². The number of benzene rings is 1. The lowest BCUT2D eigenvalue weighted by Crippen LogP contribution is -2.57. The number of aliphatic hydroxyl groups is 1. The second-order valence-electron chi connectivity index (χ2n) is 13.0. The maximum Gasteiger partial charge on any atom is 0.407 e. The number of carbonyl (C=O) groups is 4. The summed E-state index contributed by atoms with van der Waals surface area (Å²) < 4.78 is 5.19. The molecule has 1 aromatic carbocycles. The maximum absolute atomic E-state index is 13.7. The smallest absolute Gasteiger partial charge is 0.407 e. The molecule has 0 spiro atoms. The van der Waals surface area contributed by atoms with E-state index in [0.29, 0.717) is 6.42 Å². The van der Waals surface area contributed by atoms with Crippen LogP contribution in [0.4, 0.5) is 4.79 Å². The number of hydrogen-bond acceptors (Lipinski definition) is 8. The Morgan fingerprint density at radius 1 is 1.09 bits per heavy atom. The van der Waals surface area contributed by atoms with Crippen LogP contribution in [0.25, 0.3) is 10.4 Å². The summed E-state index contributed by atoms with van der Waals surface area (Å²) in [7, 11) is 0. The van der Waals surface area contributed by atoms with Crippen LogP contribution in [0.2, 0.25) is 0 Å². The van der Waals surface area contributed by atoms with Gasteiger partial charge in [0.05, 0.1) is 22.2 Å². The molecule has 1 aliphatic heterocycles. The van der Waals surface area contributed by atoms with Crippen LogP contribution in [0.3, 0.4) is 0 Å². The Hall–Kier alpha value is -3.51. The van der Waals surface area contributed by atoms with Crippen LogP contribution in [-0.4, -0.2) is 75.7 Å². The summed E-state index contributed by atoms with van der Waals surface area (Å²) in [6.45, 7) is 13.3. The summed E-state index contributed by atoms with van der Waals surface area (Å²) in [4.78, 5) is 58.3. The molecule has 1 aliphatic rings. The van der Waals surface area contributed by atoms with E-state index in [1.54, 1.807) is 32.1 Å². The summed E-state index contributed by atoms with van der Waals surface area (Å²) >= 11 is 1.57. The van der Waals surface area contributed by atoms with Crippen molar-refractivity contribution in [3.63, 3.8) is 0 Å². The number of nitrogens with zero attached hydrogens (tertiary/aromatic N) is 2. The number of β-amino-alcohol motifs (C(OH)–C–C–N with tert-alkyl or cyclic N) is 1. The van der Waals surface area contributed by atoms with Crippen molar-refractivity contribution in [2.45, 2.75) is 98.1 Å². The van der Waals surface area contributed by atoms with Gasteiger partial charge >= 0.3 is 6.09 Å². The number of aryl methyl sites for hydroxylation is 1. The Kier molecular flexibility index (Phi) is 11.3. The third-order valence-electron chi connectivity index (χ3n) is 6.96. The van der Waals surface area contributed by atoms with E-state index in [1.807, 2.05) is 57.5 Å². The number of amides is 4. The topological polar surface area (TPSA) is 150 Å². The van der Waals surface area contributed by atoms with E-state index in [-0.39, 0.29) is 44.3 Å². The Morgan fingerprint density at radius 2 is 1.77 bits per heavy atom. The summed E-state index contributed by atoms with van der Waals surface area (Å²) in [5.41, 5.74) is 3.46. The van der Waals surface area contributed by atoms with E-state index in [9.17, 15) is 24.3 Å². The van der Waals surface area contributed by atoms with Crippen molar-refractivity contribution >= 4 is 35.2 Å². The number of thiazole rings is 1. The molecule has 2 aromatic rings. The van der Waals surface area contributed by atoms with Gasteiger partial charge in [-0.2, -0.15) is 0 Å². The zero-order chi connectivity index (χ0) is 31.9. The SMILES string of the molecule is Cc1ncsc1-c1ccc(CNC(=O)[C@@H]2C[C@@H](O)CN2C(=O)C(NC(=O)CCCNC(=O)OC(C)(C)C)C(C)(C)C)cc1. The molecule has 1 aromatic heterocycles. The maximum atomic E-state index is 13.7. The average molecular weight is 616 g/mol. The highest BCUT2D eigenvalue weighted by Gasteiger charge is 2.44. The van der Waals surface area contributed by atoms with E-state index >= 15 is 0 Å². The summed E-state index contributed by atoms with van der Waals surface area (Å²) in [5.74, 6) is -1.13. The van der Waals surface area contributed by atoms with Crippen LogP contribution in [0.1, 0.15) is 72.1 Å². The highest BCUT2D eigenvalue weighted by atomic mass is 32.1. The molecule has 0 aliphatic carbocycles. The van der Waals surface area contributed by atoms with Crippen molar-refractivity contribution in [1.82, 2.24) is 25.8 Å². The molecule has 11 nitrogen and oxygen atoms in total. The highest BCUT2D eigenvalue weighted by molar-refractivity contribution is 7.13. The zero-order valence-electron chi connectivity index (χ0n) is 26.2. The fourth-order valence-corrected chi connectivity index (χ4v) is 5.58. The molecule has 0 saturated carbocycles. The fraction of sp³-hybridized carbons (Fsp3) is 0.581. The molecular weight excluding hydrogens is 570 g/mol. The lowest BCUT2D eigenvalue weighted by Gasteiger charge is -2.35. The minimum Gasteiger partial charge on any atom is -0.444 e. The summed E-state index contributed by atoms with van der Waals surface area (Å²) in [5, 5.41) is 18.7. The van der Waals surface area contributed by atoms with Gasteiger partial charge in [0.1, 0.15) is 17.7 Å². The molecule has 4 amide bonds. The second kappa shape index (κ2) is 14.3. The first kappa shape index (κ1) is 34.0. The number of aliphatic hydroxyl groups excluding tert-OH is 1. The second-order valence-corrected chi connectivity index (χ2v) is 13.8. The molecule has 0 bridgehead atoms. The Balaban J connectivity index is 1.57. The van der Waals surface area contributed by atoms with Gasteiger partial charge in [-0.15, -0.1) is 11.3 Å². The van der Waals surface area contributed by atoms with Crippen LogP contribution < -0.4 is 16.0 Å². The first-order valence-corrected chi connectivity index (χ1v) is 15.4. The number of alkyl carbamates (subject to hydrolysis) is 1. The third-order valence-corrected chi connectivity index (χ3v) is 7.94. The van der Waals surface area contributed by atoms with Gasteiger partial charge in [-0.1, -0.05) is 45.0 Å². The predicted molar refractivity (Wildman–Crippen MR) is 165 cm³/mol. The largest absolute Gasteiger partial charge is 0.444 e. The Labute approximate surface area is 257 Å². The minimum absolute atomic E-state index is 0.00206. The van der Waals surface area contributed by atoms with Crippen molar-refractivity contribution in [3.05, 3.63) is 41.0 Å². The van der Waals surface area contributed by atoms with Gasteiger partial charge < -0.3 is 30.7 Å². The van der Waals surface area contributed by atoms with Crippen LogP contribution in [0, 0.1) is 12.3 Å². The molecule has 0 radical (unpaired) electrons. The lowest BCUT2D eigenvalue weighted by atomic mass is 9.85. The highest BCUT2D eigenvalue weighted by Crippen LogP contribution is 2.28. The van der Waals surface area contributed by atoms with E-state index in [2.05, 4.69) is 20.9 Å². The molecule has 1 saturated heterocycles. The first-order chi connectivity index (χ1) is 20.0. The molecule has 43 heavy (non-hydrogen) atoms. The number of likely N-dealkylation sites (tertiary alicyclic amines) is 1. The molecule has 236 valence electrons. The fourth-order valence-electron chi connectivity index (χ4n) is 4.77. The average Bonchev–Trinajstić information content (AvgIpc) is 3.52. The van der Waals surface area contributed by atoms with E-state index in [1.165, 1.54) is 4.90 Å². The van der Waals surface area contributed by atoms with Crippen LogP contribution in [0.15, 0.2) is 29.8 Å². The normalized spacial score (nSPS) is 17.7. The van der Waals surface area contributed by atoms with Gasteiger partial charge in [-0.05, 0) is 50.7 Å². The number of ether oxygens (including phenoxy) is 1. The van der Waals surface area contributed by atoms with Gasteiger partial charge in [0.25, 0.3) is 0 Å². The number of nitrogens with one attached hydrogen (secondary N) is 3. The van der Waals surface area contributed by atoms with Gasteiger partial charge in [0, 0.05) is 32.5 Å². The molecule has 1 fully saturated rings. The summed E-state index contributed by atoms with van der Waals surface area (Å²) in [6, 6.07) is 6.08. The number of hydrogen-bond donors (Lipinski definition) is 4. The third kappa shape index (κ3) is 10.0.